The van der Waals surface area contributed by atoms with Gasteiger partial charge in [-0.05, 0) is 73.7 Å². The molecule has 1 aliphatic carbocycles. The summed E-state index contributed by atoms with van der Waals surface area (Å²) in [6.07, 6.45) is 6.04. The Balaban J connectivity index is 1.69. The average molecular weight is 1040 g/mol. The molecule has 1 atom stereocenters. The van der Waals surface area contributed by atoms with Crippen LogP contribution in [0.4, 0.5) is 5.69 Å². The van der Waals surface area contributed by atoms with Crippen molar-refractivity contribution in [3.05, 3.63) is 82.6 Å². The first kappa shape index (κ1) is 59.5. The van der Waals surface area contributed by atoms with E-state index in [-0.39, 0.29) is 37.1 Å². The summed E-state index contributed by atoms with van der Waals surface area (Å²) in [6, 6.07) is 12.2. The molecule has 21 heteroatoms. The van der Waals surface area contributed by atoms with E-state index in [1.165, 1.54) is 12.1 Å². The molecule has 0 aromatic heterocycles. The van der Waals surface area contributed by atoms with Crippen LogP contribution in [0.1, 0.15) is 70.3 Å². The minimum atomic E-state index is -4.61. The molecule has 0 saturated heterocycles. The predicted molar refractivity (Wildman–Crippen MR) is 268 cm³/mol. The maximum Gasteiger partial charge on any atom is 0.303 e. The summed E-state index contributed by atoms with van der Waals surface area (Å²) in [6.45, 7) is 15.7. The number of carbonyl (C=O) groups is 1. The highest BCUT2D eigenvalue weighted by atomic mass is 32.2. The fourth-order valence-corrected chi connectivity index (χ4v) is 8.93. The molecule has 1 aromatic carbocycles. The van der Waals surface area contributed by atoms with E-state index in [9.17, 15) is 35.8 Å². The SMILES string of the molecule is COCCOCCOCCOCC[N+](CCOCCOCCOCCOC)=c1ccc2c(/C=C/C=C3\N(CCCS(=O)(=O)O)c4ccc(S(=O)(=O)O)cc4C3(C)CCCC(=O)O)cc(C(C)(C)C)oc-2c1. The maximum atomic E-state index is 12.3. The lowest BCUT2D eigenvalue weighted by Gasteiger charge is -2.30. The van der Waals surface area contributed by atoms with Crippen molar-refractivity contribution >= 4 is 38.0 Å². The fourth-order valence-electron chi connectivity index (χ4n) is 7.93. The number of allylic oxidation sites excluding steroid dienone is 3. The van der Waals surface area contributed by atoms with Gasteiger partial charge in [0.05, 0.1) is 96.0 Å². The van der Waals surface area contributed by atoms with Gasteiger partial charge in [-0.2, -0.15) is 16.8 Å². The molecule has 4 rings (SSSR count). The van der Waals surface area contributed by atoms with Gasteiger partial charge < -0.3 is 52.3 Å². The van der Waals surface area contributed by atoms with Gasteiger partial charge in [-0.1, -0.05) is 32.9 Å². The number of benzene rings is 2. The third-order valence-electron chi connectivity index (χ3n) is 11.6. The van der Waals surface area contributed by atoms with E-state index in [0.717, 1.165) is 22.2 Å². The third kappa shape index (κ3) is 20.0. The zero-order chi connectivity index (χ0) is 51.9. The molecule has 0 bridgehead atoms. The van der Waals surface area contributed by atoms with Crippen molar-refractivity contribution in [3.63, 3.8) is 0 Å². The van der Waals surface area contributed by atoms with Crippen molar-refractivity contribution in [1.82, 2.24) is 4.58 Å². The smallest absolute Gasteiger partial charge is 0.303 e. The minimum absolute atomic E-state index is 0.0303. The molecule has 0 fully saturated rings. The molecule has 0 radical (unpaired) electrons. The van der Waals surface area contributed by atoms with Gasteiger partial charge in [-0.3, -0.25) is 13.9 Å². The number of carboxylic acid groups (broad SMARTS) is 1. The number of anilines is 1. The Bertz CT molecular complexity index is 2420. The van der Waals surface area contributed by atoms with E-state index in [1.807, 2.05) is 54.3 Å². The van der Waals surface area contributed by atoms with Gasteiger partial charge in [0.25, 0.3) is 20.2 Å². The fraction of sp³-hybridized carbons (Fsp3) is 0.600. The topological polar surface area (TPSA) is 239 Å². The molecule has 398 valence electrons. The molecule has 0 spiro atoms. The van der Waals surface area contributed by atoms with Crippen molar-refractivity contribution in [2.24, 2.45) is 0 Å². The Morgan fingerprint density at radius 1 is 0.746 bits per heavy atom. The molecule has 1 aromatic rings. The van der Waals surface area contributed by atoms with Gasteiger partial charge in [0, 0.05) is 61.0 Å². The summed E-state index contributed by atoms with van der Waals surface area (Å²) in [5.41, 5.74) is 2.03. The van der Waals surface area contributed by atoms with Crippen LogP contribution in [0.5, 0.6) is 0 Å². The van der Waals surface area contributed by atoms with Crippen molar-refractivity contribution in [3.8, 4) is 11.3 Å². The van der Waals surface area contributed by atoms with Crippen LogP contribution in [-0.2, 0) is 73.8 Å². The molecule has 0 saturated carbocycles. The Labute approximate surface area is 419 Å². The number of hydrogen-bond acceptors (Lipinski definition) is 15. The molecule has 19 nitrogen and oxygen atoms in total. The highest BCUT2D eigenvalue weighted by Gasteiger charge is 2.43. The first-order valence-corrected chi connectivity index (χ1v) is 26.9. The van der Waals surface area contributed by atoms with Gasteiger partial charge in [-0.25, -0.2) is 4.58 Å². The normalized spacial score (nSPS) is 15.9. The molecule has 1 unspecified atom stereocenters. The van der Waals surface area contributed by atoms with Crippen LogP contribution >= 0.6 is 0 Å². The molecular weight excluding hydrogens is 965 g/mol. The van der Waals surface area contributed by atoms with Gasteiger partial charge in [0.15, 0.2) is 13.1 Å². The van der Waals surface area contributed by atoms with Crippen LogP contribution in [0.2, 0.25) is 0 Å². The molecule has 3 N–H and O–H groups in total. The summed E-state index contributed by atoms with van der Waals surface area (Å²) < 4.78 is 121. The van der Waals surface area contributed by atoms with E-state index in [2.05, 4.69) is 25.3 Å². The second kappa shape index (κ2) is 29.6. The second-order valence-electron chi connectivity index (χ2n) is 18.1. The summed E-state index contributed by atoms with van der Waals surface area (Å²) in [5, 5.41) is 10.4. The standard InChI is InChI=1S/C50H74N2O17S2/c1-49(2,3)47-36-39(10-7-11-46-50(4,17-8-12-48(53)54)43-38-41(71(58,59)60)14-16-44(43)52(46)18-9-35-70(55,56)57)42-15-13-40(37-45(42)69-47)51(19-21-63-27-29-67-33-31-65-25-23-61-5)20-22-64-28-30-68-34-32-66-26-24-62-6/h7,10-11,13-16,36-38H,8-9,12,17-35H2,1-6H3,(H2-,53,54,55,56,57,58,59,60)/p+1. The quantitative estimate of drug-likeness (QED) is 0.0385. The number of hydrogen-bond donors (Lipinski definition) is 3. The van der Waals surface area contributed by atoms with Crippen LogP contribution in [0, 0.1) is 0 Å². The molecule has 0 amide bonds. The van der Waals surface area contributed by atoms with Crippen LogP contribution in [0.3, 0.4) is 0 Å². The van der Waals surface area contributed by atoms with E-state index < -0.39 is 42.8 Å². The lowest BCUT2D eigenvalue weighted by Crippen LogP contribution is -2.36. The van der Waals surface area contributed by atoms with E-state index in [0.29, 0.717) is 128 Å². The summed E-state index contributed by atoms with van der Waals surface area (Å²) in [4.78, 5) is 13.2. The van der Waals surface area contributed by atoms with Gasteiger partial charge >= 0.3 is 5.97 Å². The van der Waals surface area contributed by atoms with E-state index in [1.54, 1.807) is 20.3 Å². The van der Waals surface area contributed by atoms with Gasteiger partial charge in [-0.15, -0.1) is 0 Å². The maximum absolute atomic E-state index is 12.3. The predicted octanol–water partition coefficient (Wildman–Crippen LogP) is 5.30. The lowest BCUT2D eigenvalue weighted by atomic mass is 9.77. The highest BCUT2D eigenvalue weighted by Crippen LogP contribution is 2.51. The minimum Gasteiger partial charge on any atom is -0.481 e. The Kier molecular flexibility index (Phi) is 24.8. The average Bonchev–Trinajstić information content (AvgIpc) is 3.53. The lowest BCUT2D eigenvalue weighted by molar-refractivity contribution is -0.137. The monoisotopic (exact) mass is 1040 g/mol. The molecule has 2 aliphatic heterocycles. The number of methoxy groups -OCH3 is 2. The number of nitrogens with zero attached hydrogens (tertiary/aromatic N) is 2. The van der Waals surface area contributed by atoms with Crippen molar-refractivity contribution < 1.29 is 78.2 Å². The van der Waals surface area contributed by atoms with Crippen molar-refractivity contribution in [2.45, 2.75) is 69.1 Å². The first-order valence-electron chi connectivity index (χ1n) is 23.8. The number of ether oxygens (including phenoxy) is 8. The third-order valence-corrected chi connectivity index (χ3v) is 13.3. The number of carboxylic acids is 1. The van der Waals surface area contributed by atoms with Crippen LogP contribution in [0.15, 0.2) is 69.6 Å². The number of aliphatic carboxylic acids is 1. The van der Waals surface area contributed by atoms with Gasteiger partial charge in [0.2, 0.25) is 5.36 Å². The van der Waals surface area contributed by atoms with Gasteiger partial charge in [0.1, 0.15) is 24.7 Å². The largest absolute Gasteiger partial charge is 0.481 e. The van der Waals surface area contributed by atoms with Crippen LogP contribution in [0.25, 0.3) is 17.4 Å². The zero-order valence-electron chi connectivity index (χ0n) is 42.1. The second-order valence-corrected chi connectivity index (χ2v) is 21.1. The van der Waals surface area contributed by atoms with E-state index in [4.69, 9.17) is 42.3 Å². The Hall–Kier alpha value is -4.10. The highest BCUT2D eigenvalue weighted by molar-refractivity contribution is 7.86. The van der Waals surface area contributed by atoms with Crippen molar-refractivity contribution in [2.75, 3.05) is 137 Å². The Morgan fingerprint density at radius 2 is 1.30 bits per heavy atom. The summed E-state index contributed by atoms with van der Waals surface area (Å²) in [5.74, 6) is -0.157. The number of rotatable bonds is 35. The molecule has 3 aliphatic rings. The molecule has 2 heterocycles. The number of fused-ring (bicyclic) bond motifs is 2. The first-order chi connectivity index (χ1) is 33.8. The summed E-state index contributed by atoms with van der Waals surface area (Å²) >= 11 is 0. The zero-order valence-corrected chi connectivity index (χ0v) is 43.7. The van der Waals surface area contributed by atoms with Crippen molar-refractivity contribution in [1.29, 1.82) is 0 Å². The van der Waals surface area contributed by atoms with Crippen LogP contribution < -0.4 is 14.8 Å². The molecule has 71 heavy (non-hydrogen) atoms. The summed E-state index contributed by atoms with van der Waals surface area (Å²) in [7, 11) is -5.66. The molecular formula is C50H75N2O17S2+. The van der Waals surface area contributed by atoms with Crippen LogP contribution in [-0.4, -0.2) is 169 Å². The van der Waals surface area contributed by atoms with E-state index >= 15 is 0 Å². The Morgan fingerprint density at radius 3 is 1.80 bits per heavy atom.